The molecule has 5 heteroatoms. The van der Waals surface area contributed by atoms with E-state index in [1.807, 2.05) is 66.7 Å². The largest absolute Gasteiger partial charge is 0.507 e. The standard InChI is InChI=1S/C27H27N3O2/c1-2-3-4-11-19-32-23-18-12-17-22(31)24(23)27-29-25(20-13-7-5-8-14-20)28-26(30-27)21-15-9-6-10-16-21/h5-10,12-18,31H,2-4,11,19H2,1H3. The predicted octanol–water partition coefficient (Wildman–Crippen LogP) is 6.54. The molecular weight excluding hydrogens is 398 g/mol. The van der Waals surface area contributed by atoms with Gasteiger partial charge in [0, 0.05) is 11.1 Å². The number of phenols is 1. The van der Waals surface area contributed by atoms with Crippen LogP contribution in [0.3, 0.4) is 0 Å². The molecule has 0 aliphatic heterocycles. The lowest BCUT2D eigenvalue weighted by Gasteiger charge is -2.14. The van der Waals surface area contributed by atoms with Crippen molar-refractivity contribution >= 4 is 0 Å². The first-order valence-electron chi connectivity index (χ1n) is 11.1. The van der Waals surface area contributed by atoms with Crippen LogP contribution >= 0.6 is 0 Å². The second-order valence-electron chi connectivity index (χ2n) is 7.60. The molecule has 4 rings (SSSR count). The molecule has 0 saturated carbocycles. The van der Waals surface area contributed by atoms with E-state index in [-0.39, 0.29) is 5.75 Å². The molecule has 1 aromatic heterocycles. The van der Waals surface area contributed by atoms with Crippen LogP contribution in [0, 0.1) is 0 Å². The fourth-order valence-electron chi connectivity index (χ4n) is 3.50. The van der Waals surface area contributed by atoms with Crippen LogP contribution in [0.5, 0.6) is 11.5 Å². The van der Waals surface area contributed by atoms with E-state index in [9.17, 15) is 5.11 Å². The molecule has 0 unspecified atom stereocenters. The van der Waals surface area contributed by atoms with Crippen LogP contribution in [0.2, 0.25) is 0 Å². The lowest BCUT2D eigenvalue weighted by atomic mass is 10.1. The van der Waals surface area contributed by atoms with Crippen LogP contribution in [0.15, 0.2) is 78.9 Å². The number of ether oxygens (including phenoxy) is 1. The summed E-state index contributed by atoms with van der Waals surface area (Å²) < 4.78 is 6.05. The maximum atomic E-state index is 10.7. The summed E-state index contributed by atoms with van der Waals surface area (Å²) in [4.78, 5) is 14.1. The van der Waals surface area contributed by atoms with E-state index in [1.54, 1.807) is 12.1 Å². The Morgan fingerprint density at radius 2 is 1.25 bits per heavy atom. The molecule has 0 saturated heterocycles. The first-order chi connectivity index (χ1) is 15.8. The van der Waals surface area contributed by atoms with Gasteiger partial charge >= 0.3 is 0 Å². The van der Waals surface area contributed by atoms with Gasteiger partial charge in [-0.1, -0.05) is 92.9 Å². The Morgan fingerprint density at radius 3 is 1.84 bits per heavy atom. The number of phenolic OH excluding ortho intramolecular Hbond substituents is 1. The average molecular weight is 426 g/mol. The Balaban J connectivity index is 1.78. The molecule has 0 atom stereocenters. The summed E-state index contributed by atoms with van der Waals surface area (Å²) in [6, 6.07) is 24.8. The zero-order valence-corrected chi connectivity index (χ0v) is 18.2. The van der Waals surface area contributed by atoms with Crippen molar-refractivity contribution < 1.29 is 9.84 Å². The van der Waals surface area contributed by atoms with Gasteiger partial charge < -0.3 is 9.84 Å². The average Bonchev–Trinajstić information content (AvgIpc) is 2.85. The van der Waals surface area contributed by atoms with Crippen LogP contribution in [0.4, 0.5) is 0 Å². The molecule has 1 heterocycles. The SMILES string of the molecule is CCCCCCOc1cccc(O)c1-c1nc(-c2ccccc2)nc(-c2ccccc2)n1. The smallest absolute Gasteiger partial charge is 0.171 e. The van der Waals surface area contributed by atoms with Crippen molar-refractivity contribution in [3.8, 4) is 45.7 Å². The van der Waals surface area contributed by atoms with Crippen LogP contribution < -0.4 is 4.74 Å². The van der Waals surface area contributed by atoms with Crippen molar-refractivity contribution in [3.63, 3.8) is 0 Å². The quantitative estimate of drug-likeness (QED) is 0.309. The summed E-state index contributed by atoms with van der Waals surface area (Å²) in [5, 5.41) is 10.7. The Bertz CT molecular complexity index is 1090. The van der Waals surface area contributed by atoms with Gasteiger partial charge in [0.1, 0.15) is 17.1 Å². The van der Waals surface area contributed by atoms with Gasteiger partial charge in [-0.2, -0.15) is 0 Å². The lowest BCUT2D eigenvalue weighted by Crippen LogP contribution is -2.03. The Labute approximate surface area is 188 Å². The van der Waals surface area contributed by atoms with E-state index in [4.69, 9.17) is 19.7 Å². The van der Waals surface area contributed by atoms with Gasteiger partial charge in [0.2, 0.25) is 0 Å². The number of unbranched alkanes of at least 4 members (excludes halogenated alkanes) is 3. The minimum Gasteiger partial charge on any atom is -0.507 e. The minimum absolute atomic E-state index is 0.0836. The number of hydrogen-bond donors (Lipinski definition) is 1. The molecule has 0 aliphatic carbocycles. The number of benzene rings is 3. The van der Waals surface area contributed by atoms with Gasteiger partial charge in [0.05, 0.1) is 6.61 Å². The fourth-order valence-corrected chi connectivity index (χ4v) is 3.50. The highest BCUT2D eigenvalue weighted by Crippen LogP contribution is 2.37. The molecule has 5 nitrogen and oxygen atoms in total. The van der Waals surface area contributed by atoms with Crippen LogP contribution in [0.1, 0.15) is 32.6 Å². The van der Waals surface area contributed by atoms with Gasteiger partial charge in [-0.25, -0.2) is 15.0 Å². The van der Waals surface area contributed by atoms with Crippen molar-refractivity contribution in [1.82, 2.24) is 15.0 Å². The van der Waals surface area contributed by atoms with Crippen molar-refractivity contribution in [1.29, 1.82) is 0 Å². The van der Waals surface area contributed by atoms with Gasteiger partial charge in [-0.15, -0.1) is 0 Å². The molecule has 0 radical (unpaired) electrons. The second kappa shape index (κ2) is 10.5. The Kier molecular flexibility index (Phi) is 7.08. The molecule has 0 amide bonds. The van der Waals surface area contributed by atoms with Gasteiger partial charge in [-0.3, -0.25) is 0 Å². The number of rotatable bonds is 9. The molecule has 1 N–H and O–H groups in total. The molecule has 4 aromatic rings. The highest BCUT2D eigenvalue weighted by atomic mass is 16.5. The molecular formula is C27H27N3O2. The minimum atomic E-state index is 0.0836. The van der Waals surface area contributed by atoms with Gasteiger partial charge in [0.25, 0.3) is 0 Å². The summed E-state index contributed by atoms with van der Waals surface area (Å²) in [7, 11) is 0. The third kappa shape index (κ3) is 5.11. The van der Waals surface area contributed by atoms with E-state index in [1.165, 1.54) is 12.8 Å². The molecule has 0 spiro atoms. The maximum absolute atomic E-state index is 10.7. The summed E-state index contributed by atoms with van der Waals surface area (Å²) >= 11 is 0. The third-order valence-electron chi connectivity index (χ3n) is 5.18. The van der Waals surface area contributed by atoms with E-state index >= 15 is 0 Å². The zero-order valence-electron chi connectivity index (χ0n) is 18.2. The third-order valence-corrected chi connectivity index (χ3v) is 5.18. The first-order valence-corrected chi connectivity index (χ1v) is 11.1. The van der Waals surface area contributed by atoms with Crippen LogP contribution in [-0.2, 0) is 0 Å². The zero-order chi connectivity index (χ0) is 22.2. The van der Waals surface area contributed by atoms with E-state index in [0.29, 0.717) is 35.4 Å². The monoisotopic (exact) mass is 425 g/mol. The highest BCUT2D eigenvalue weighted by Gasteiger charge is 2.18. The maximum Gasteiger partial charge on any atom is 0.171 e. The summed E-state index contributed by atoms with van der Waals surface area (Å²) in [5.41, 5.74) is 2.25. The molecule has 32 heavy (non-hydrogen) atoms. The number of hydrogen-bond acceptors (Lipinski definition) is 5. The second-order valence-corrected chi connectivity index (χ2v) is 7.60. The van der Waals surface area contributed by atoms with E-state index in [0.717, 1.165) is 24.0 Å². The molecule has 3 aromatic carbocycles. The lowest BCUT2D eigenvalue weighted by molar-refractivity contribution is 0.304. The molecule has 0 aliphatic rings. The van der Waals surface area contributed by atoms with Crippen molar-refractivity contribution in [3.05, 3.63) is 78.9 Å². The fraction of sp³-hybridized carbons (Fsp3) is 0.222. The summed E-state index contributed by atoms with van der Waals surface area (Å²) in [6.45, 7) is 2.77. The number of aromatic hydroxyl groups is 1. The Hall–Kier alpha value is -3.73. The summed E-state index contributed by atoms with van der Waals surface area (Å²) in [6.07, 6.45) is 4.44. The molecule has 0 bridgehead atoms. The molecule has 0 fully saturated rings. The molecule has 162 valence electrons. The van der Waals surface area contributed by atoms with Crippen molar-refractivity contribution in [2.45, 2.75) is 32.6 Å². The highest BCUT2D eigenvalue weighted by molar-refractivity contribution is 5.74. The van der Waals surface area contributed by atoms with Gasteiger partial charge in [0.15, 0.2) is 17.5 Å². The normalized spacial score (nSPS) is 10.8. The number of nitrogens with zero attached hydrogens (tertiary/aromatic N) is 3. The van der Waals surface area contributed by atoms with Crippen molar-refractivity contribution in [2.24, 2.45) is 0 Å². The summed E-state index contributed by atoms with van der Waals surface area (Å²) in [5.74, 6) is 2.14. The van der Waals surface area contributed by atoms with Gasteiger partial charge in [-0.05, 0) is 18.6 Å². The van der Waals surface area contributed by atoms with Crippen LogP contribution in [0.25, 0.3) is 34.2 Å². The van der Waals surface area contributed by atoms with Crippen LogP contribution in [-0.4, -0.2) is 26.7 Å². The van der Waals surface area contributed by atoms with Crippen molar-refractivity contribution in [2.75, 3.05) is 6.61 Å². The first kappa shape index (κ1) is 21.5. The van der Waals surface area contributed by atoms with E-state index in [2.05, 4.69) is 6.92 Å². The predicted molar refractivity (Wildman–Crippen MR) is 127 cm³/mol. The number of aromatic nitrogens is 3. The van der Waals surface area contributed by atoms with E-state index < -0.39 is 0 Å². The Morgan fingerprint density at radius 1 is 0.656 bits per heavy atom. The topological polar surface area (TPSA) is 68.1 Å².